The molecule has 2 aromatic carbocycles. The minimum atomic E-state index is -0.330. The van der Waals surface area contributed by atoms with Crippen LogP contribution in [0.1, 0.15) is 5.56 Å². The fourth-order valence-electron chi connectivity index (χ4n) is 2.31. The van der Waals surface area contributed by atoms with Crippen LogP contribution in [-0.4, -0.2) is 10.1 Å². The van der Waals surface area contributed by atoms with Crippen LogP contribution in [0.15, 0.2) is 66.2 Å². The average Bonchev–Trinajstić information content (AvgIpc) is 2.62. The molecule has 0 saturated heterocycles. The molecule has 1 aromatic heterocycles. The molecular formula is C19H11N3O. The van der Waals surface area contributed by atoms with Crippen molar-refractivity contribution in [2.75, 3.05) is 0 Å². The summed E-state index contributed by atoms with van der Waals surface area (Å²) >= 11 is 0. The van der Waals surface area contributed by atoms with Crippen LogP contribution in [0, 0.1) is 22.7 Å². The lowest BCUT2D eigenvalue weighted by Gasteiger charge is -2.06. The number of pyridine rings is 1. The van der Waals surface area contributed by atoms with Crippen molar-refractivity contribution < 1.29 is 5.11 Å². The second-order valence-electron chi connectivity index (χ2n) is 4.92. The van der Waals surface area contributed by atoms with Gasteiger partial charge in [0.05, 0.1) is 11.2 Å². The standard InChI is InChI=1S/C19H11N3O/c20-11-16(12-21)19(23)15-7-6-14-8-9-17(22-18(14)10-15)13-4-2-1-3-5-13/h1-10,23H. The van der Waals surface area contributed by atoms with E-state index in [0.717, 1.165) is 16.6 Å². The quantitative estimate of drug-likeness (QED) is 0.567. The number of hydrogen-bond donors (Lipinski definition) is 1. The van der Waals surface area contributed by atoms with Crippen molar-refractivity contribution in [2.45, 2.75) is 0 Å². The van der Waals surface area contributed by atoms with E-state index in [4.69, 9.17) is 10.5 Å². The maximum absolute atomic E-state index is 10.0. The third kappa shape index (κ3) is 2.74. The van der Waals surface area contributed by atoms with E-state index in [9.17, 15) is 5.11 Å². The Morgan fingerprint density at radius 3 is 2.30 bits per heavy atom. The van der Waals surface area contributed by atoms with Gasteiger partial charge in [-0.25, -0.2) is 4.98 Å². The van der Waals surface area contributed by atoms with Crippen LogP contribution >= 0.6 is 0 Å². The highest BCUT2D eigenvalue weighted by Crippen LogP contribution is 2.24. The summed E-state index contributed by atoms with van der Waals surface area (Å²) in [6.07, 6.45) is 0. The average molecular weight is 297 g/mol. The smallest absolute Gasteiger partial charge is 0.171 e. The van der Waals surface area contributed by atoms with Crippen molar-refractivity contribution >= 4 is 16.7 Å². The minimum Gasteiger partial charge on any atom is -0.505 e. The molecule has 0 atom stereocenters. The van der Waals surface area contributed by atoms with Crippen molar-refractivity contribution in [3.63, 3.8) is 0 Å². The fraction of sp³-hybridized carbons (Fsp3) is 0. The maximum atomic E-state index is 10.0. The van der Waals surface area contributed by atoms with E-state index in [0.29, 0.717) is 11.1 Å². The van der Waals surface area contributed by atoms with E-state index >= 15 is 0 Å². The van der Waals surface area contributed by atoms with E-state index in [-0.39, 0.29) is 11.3 Å². The summed E-state index contributed by atoms with van der Waals surface area (Å²) in [6.45, 7) is 0. The van der Waals surface area contributed by atoms with Gasteiger partial charge in [0.1, 0.15) is 12.1 Å². The molecule has 0 unspecified atom stereocenters. The molecule has 0 fully saturated rings. The molecule has 4 nitrogen and oxygen atoms in total. The van der Waals surface area contributed by atoms with Crippen molar-refractivity contribution in [1.29, 1.82) is 10.5 Å². The van der Waals surface area contributed by atoms with Crippen LogP contribution < -0.4 is 0 Å². The summed E-state index contributed by atoms with van der Waals surface area (Å²) in [5.74, 6) is -0.330. The maximum Gasteiger partial charge on any atom is 0.171 e. The fourth-order valence-corrected chi connectivity index (χ4v) is 2.31. The number of nitriles is 2. The second kappa shape index (κ2) is 6.01. The van der Waals surface area contributed by atoms with Crippen LogP contribution in [0.3, 0.4) is 0 Å². The van der Waals surface area contributed by atoms with Crippen molar-refractivity contribution in [3.05, 3.63) is 71.8 Å². The highest BCUT2D eigenvalue weighted by atomic mass is 16.3. The van der Waals surface area contributed by atoms with Gasteiger partial charge in [0, 0.05) is 16.5 Å². The summed E-state index contributed by atoms with van der Waals surface area (Å²) in [5, 5.41) is 28.7. The molecule has 0 radical (unpaired) electrons. The Hall–Kier alpha value is -3.63. The van der Waals surface area contributed by atoms with Gasteiger partial charge in [0.15, 0.2) is 11.3 Å². The van der Waals surface area contributed by atoms with Crippen LogP contribution in [0.25, 0.3) is 27.9 Å². The molecule has 3 rings (SSSR count). The van der Waals surface area contributed by atoms with Crippen LogP contribution in [0.4, 0.5) is 0 Å². The number of aromatic nitrogens is 1. The molecule has 1 N–H and O–H groups in total. The van der Waals surface area contributed by atoms with E-state index in [2.05, 4.69) is 4.98 Å². The zero-order chi connectivity index (χ0) is 16.2. The van der Waals surface area contributed by atoms with Gasteiger partial charge in [-0.1, -0.05) is 48.5 Å². The van der Waals surface area contributed by atoms with E-state index in [1.807, 2.05) is 42.5 Å². The first-order valence-electron chi connectivity index (χ1n) is 6.93. The number of aliphatic hydroxyl groups is 1. The summed E-state index contributed by atoms with van der Waals surface area (Å²) in [5.41, 5.74) is 2.58. The third-order valence-corrected chi connectivity index (χ3v) is 3.50. The Labute approximate surface area is 133 Å². The topological polar surface area (TPSA) is 80.7 Å². The van der Waals surface area contributed by atoms with E-state index in [1.54, 1.807) is 30.3 Å². The molecule has 23 heavy (non-hydrogen) atoms. The Morgan fingerprint density at radius 2 is 1.61 bits per heavy atom. The van der Waals surface area contributed by atoms with Gasteiger partial charge in [-0.15, -0.1) is 0 Å². The molecular weight excluding hydrogens is 286 g/mol. The lowest BCUT2D eigenvalue weighted by atomic mass is 10.1. The molecule has 0 spiro atoms. The number of fused-ring (bicyclic) bond motifs is 1. The number of rotatable bonds is 2. The van der Waals surface area contributed by atoms with Gasteiger partial charge in [-0.05, 0) is 12.1 Å². The summed E-state index contributed by atoms with van der Waals surface area (Å²) < 4.78 is 0. The molecule has 0 amide bonds. The first-order chi connectivity index (χ1) is 11.2. The van der Waals surface area contributed by atoms with Crippen molar-refractivity contribution in [2.24, 2.45) is 0 Å². The molecule has 0 aliphatic carbocycles. The molecule has 4 heteroatoms. The number of allylic oxidation sites excluding steroid dienone is 1. The van der Waals surface area contributed by atoms with Gasteiger partial charge < -0.3 is 5.11 Å². The zero-order valence-electron chi connectivity index (χ0n) is 12.1. The summed E-state index contributed by atoms with van der Waals surface area (Å²) in [4.78, 5) is 4.60. The number of nitrogens with zero attached hydrogens (tertiary/aromatic N) is 3. The highest BCUT2D eigenvalue weighted by molar-refractivity contribution is 5.85. The Bertz CT molecular complexity index is 977. The van der Waals surface area contributed by atoms with Crippen LogP contribution in [0.2, 0.25) is 0 Å². The lowest BCUT2D eigenvalue weighted by molar-refractivity contribution is 0.510. The van der Waals surface area contributed by atoms with Crippen LogP contribution in [0.5, 0.6) is 0 Å². The largest absolute Gasteiger partial charge is 0.505 e. The van der Waals surface area contributed by atoms with Gasteiger partial charge in [-0.3, -0.25) is 0 Å². The molecule has 0 aliphatic heterocycles. The predicted molar refractivity (Wildman–Crippen MR) is 88.0 cm³/mol. The lowest BCUT2D eigenvalue weighted by Crippen LogP contribution is -1.90. The van der Waals surface area contributed by atoms with E-state index in [1.165, 1.54) is 0 Å². The molecule has 108 valence electrons. The summed E-state index contributed by atoms with van der Waals surface area (Å²) in [6, 6.07) is 22.2. The number of benzene rings is 2. The Morgan fingerprint density at radius 1 is 0.913 bits per heavy atom. The SMILES string of the molecule is N#CC(C#N)=C(O)c1ccc2ccc(-c3ccccc3)nc2c1. The molecule has 0 bridgehead atoms. The molecule has 0 aliphatic rings. The van der Waals surface area contributed by atoms with Gasteiger partial charge in [0.25, 0.3) is 0 Å². The van der Waals surface area contributed by atoms with E-state index < -0.39 is 0 Å². The Balaban J connectivity index is 2.15. The van der Waals surface area contributed by atoms with Crippen LogP contribution in [-0.2, 0) is 0 Å². The van der Waals surface area contributed by atoms with Gasteiger partial charge in [-0.2, -0.15) is 10.5 Å². The molecule has 1 heterocycles. The van der Waals surface area contributed by atoms with Gasteiger partial charge >= 0.3 is 0 Å². The second-order valence-corrected chi connectivity index (χ2v) is 4.92. The molecule has 3 aromatic rings. The zero-order valence-corrected chi connectivity index (χ0v) is 12.1. The Kier molecular flexibility index (Phi) is 3.74. The first-order valence-corrected chi connectivity index (χ1v) is 6.93. The summed E-state index contributed by atoms with van der Waals surface area (Å²) in [7, 11) is 0. The van der Waals surface area contributed by atoms with Gasteiger partial charge in [0.2, 0.25) is 0 Å². The number of aliphatic hydroxyl groups excluding tert-OH is 1. The third-order valence-electron chi connectivity index (χ3n) is 3.50. The molecule has 0 saturated carbocycles. The normalized spacial score (nSPS) is 9.83. The van der Waals surface area contributed by atoms with Crippen molar-refractivity contribution in [1.82, 2.24) is 4.98 Å². The monoisotopic (exact) mass is 297 g/mol. The number of hydrogen-bond acceptors (Lipinski definition) is 4. The first kappa shape index (κ1) is 14.3. The predicted octanol–water partition coefficient (Wildman–Crippen LogP) is 4.22. The van der Waals surface area contributed by atoms with Crippen molar-refractivity contribution in [3.8, 4) is 23.4 Å². The highest BCUT2D eigenvalue weighted by Gasteiger charge is 2.09. The minimum absolute atomic E-state index is 0.316.